The van der Waals surface area contributed by atoms with Crippen molar-refractivity contribution in [2.24, 2.45) is 0 Å². The van der Waals surface area contributed by atoms with E-state index in [2.05, 4.69) is 18.2 Å². The molecule has 2 aromatic heterocycles. The van der Waals surface area contributed by atoms with Crippen molar-refractivity contribution in [3.63, 3.8) is 0 Å². The Morgan fingerprint density at radius 3 is 2.48 bits per heavy atom. The third-order valence-corrected chi connectivity index (χ3v) is 8.59. The van der Waals surface area contributed by atoms with Gasteiger partial charge in [-0.05, 0) is 42.7 Å². The average molecular weight is 479 g/mol. The van der Waals surface area contributed by atoms with Gasteiger partial charge in [0.25, 0.3) is 5.91 Å². The lowest BCUT2D eigenvalue weighted by Gasteiger charge is -2.22. The maximum atomic E-state index is 13.2. The summed E-state index contributed by atoms with van der Waals surface area (Å²) in [6.07, 6.45) is 2.00. The number of thiophene rings is 2. The molecule has 4 aromatic rings. The van der Waals surface area contributed by atoms with Crippen molar-refractivity contribution in [1.82, 2.24) is 9.80 Å². The first-order valence-electron chi connectivity index (χ1n) is 11.2. The number of methoxy groups -OCH3 is 1. The van der Waals surface area contributed by atoms with Crippen LogP contribution >= 0.6 is 22.7 Å². The lowest BCUT2D eigenvalue weighted by Crippen LogP contribution is -2.37. The Kier molecular flexibility index (Phi) is 6.33. The van der Waals surface area contributed by atoms with Crippen molar-refractivity contribution in [2.75, 3.05) is 33.3 Å². The van der Waals surface area contributed by atoms with Crippen LogP contribution in [0.5, 0.6) is 5.75 Å². The molecule has 3 heterocycles. The minimum Gasteiger partial charge on any atom is -0.497 e. The molecule has 0 saturated carbocycles. The van der Waals surface area contributed by atoms with Crippen molar-refractivity contribution in [1.29, 1.82) is 0 Å². The van der Waals surface area contributed by atoms with E-state index in [0.717, 1.165) is 22.6 Å². The largest absolute Gasteiger partial charge is 0.497 e. The molecule has 1 fully saturated rings. The Bertz CT molecular complexity index is 1290. The maximum Gasteiger partial charge on any atom is 0.264 e. The van der Waals surface area contributed by atoms with Gasteiger partial charge in [0.05, 0.1) is 16.7 Å². The first-order valence-corrected chi connectivity index (χ1v) is 12.9. The molecule has 0 spiro atoms. The van der Waals surface area contributed by atoms with E-state index in [0.29, 0.717) is 39.0 Å². The standard InChI is InChI=1S/C26H26N2O3S2/c1-31-19-10-7-18(8-11-19)9-12-24(29)27-13-4-14-28(16-15-27)26(30)23-17-22-25(33-23)20-5-2-3-6-21(20)32-22/h2-3,5-8,10-11,17H,4,9,12-16H2,1H3. The molecule has 5 nitrogen and oxygen atoms in total. The summed E-state index contributed by atoms with van der Waals surface area (Å²) in [5, 5.41) is 1.23. The van der Waals surface area contributed by atoms with Crippen LogP contribution in [0.1, 0.15) is 28.1 Å². The number of rotatable bonds is 5. The first kappa shape index (κ1) is 21.9. The molecule has 2 amide bonds. The summed E-state index contributed by atoms with van der Waals surface area (Å²) in [5.41, 5.74) is 1.13. The Hall–Kier alpha value is -2.90. The normalized spacial score (nSPS) is 14.6. The molecule has 0 unspecified atom stereocenters. The lowest BCUT2D eigenvalue weighted by atomic mass is 10.1. The number of amides is 2. The van der Waals surface area contributed by atoms with E-state index < -0.39 is 0 Å². The number of fused-ring (bicyclic) bond motifs is 3. The van der Waals surface area contributed by atoms with Crippen LogP contribution in [0, 0.1) is 0 Å². The lowest BCUT2D eigenvalue weighted by molar-refractivity contribution is -0.131. The summed E-state index contributed by atoms with van der Waals surface area (Å²) in [6, 6.07) is 18.2. The van der Waals surface area contributed by atoms with Crippen LogP contribution in [0.2, 0.25) is 0 Å². The summed E-state index contributed by atoms with van der Waals surface area (Å²) < 4.78 is 8.82. The number of hydrogen-bond donors (Lipinski definition) is 0. The van der Waals surface area contributed by atoms with Crippen molar-refractivity contribution >= 4 is 54.0 Å². The van der Waals surface area contributed by atoms with E-state index in [4.69, 9.17) is 4.74 Å². The molecule has 1 saturated heterocycles. The monoisotopic (exact) mass is 478 g/mol. The number of carbonyl (C=O) groups is 2. The van der Waals surface area contributed by atoms with E-state index in [1.54, 1.807) is 29.8 Å². The molecule has 7 heteroatoms. The van der Waals surface area contributed by atoms with Crippen LogP contribution in [0.25, 0.3) is 19.5 Å². The minimum atomic E-state index is 0.0833. The molecule has 1 aliphatic rings. The van der Waals surface area contributed by atoms with Crippen LogP contribution in [-0.4, -0.2) is 54.9 Å². The SMILES string of the molecule is COc1ccc(CCC(=O)N2CCCN(C(=O)c3cc4sc5ccccc5c4s3)CC2)cc1. The van der Waals surface area contributed by atoms with Gasteiger partial charge < -0.3 is 14.5 Å². The highest BCUT2D eigenvalue weighted by Crippen LogP contribution is 2.39. The van der Waals surface area contributed by atoms with Crippen molar-refractivity contribution in [3.05, 3.63) is 65.0 Å². The Morgan fingerprint density at radius 1 is 0.909 bits per heavy atom. The fraction of sp³-hybridized carbons (Fsp3) is 0.308. The quantitative estimate of drug-likeness (QED) is 0.384. The molecular weight excluding hydrogens is 452 g/mol. The van der Waals surface area contributed by atoms with E-state index in [1.807, 2.05) is 46.2 Å². The number of benzene rings is 2. The summed E-state index contributed by atoms with van der Waals surface area (Å²) in [7, 11) is 1.65. The second-order valence-electron chi connectivity index (χ2n) is 8.28. The van der Waals surface area contributed by atoms with Gasteiger partial charge in [0.1, 0.15) is 5.75 Å². The maximum absolute atomic E-state index is 13.2. The molecular formula is C26H26N2O3S2. The molecule has 2 aromatic carbocycles. The van der Waals surface area contributed by atoms with Gasteiger partial charge in [-0.1, -0.05) is 30.3 Å². The van der Waals surface area contributed by atoms with Gasteiger partial charge >= 0.3 is 0 Å². The number of hydrogen-bond acceptors (Lipinski definition) is 5. The van der Waals surface area contributed by atoms with Crippen LogP contribution < -0.4 is 4.74 Å². The third-order valence-electron chi connectivity index (χ3n) is 6.18. The predicted octanol–water partition coefficient (Wildman–Crippen LogP) is 5.43. The van der Waals surface area contributed by atoms with Gasteiger partial charge in [0, 0.05) is 47.4 Å². The second-order valence-corrected chi connectivity index (χ2v) is 10.4. The van der Waals surface area contributed by atoms with Gasteiger partial charge in [0.2, 0.25) is 5.91 Å². The zero-order valence-electron chi connectivity index (χ0n) is 18.6. The molecule has 1 aliphatic heterocycles. The first-order chi connectivity index (χ1) is 16.1. The number of nitrogens with zero attached hydrogens (tertiary/aromatic N) is 2. The molecule has 170 valence electrons. The number of aryl methyl sites for hydroxylation is 1. The Labute approximate surface area is 201 Å². The van der Waals surface area contributed by atoms with Gasteiger partial charge in [-0.15, -0.1) is 22.7 Å². The fourth-order valence-electron chi connectivity index (χ4n) is 4.33. The van der Waals surface area contributed by atoms with E-state index in [9.17, 15) is 9.59 Å². The summed E-state index contributed by atoms with van der Waals surface area (Å²) >= 11 is 3.33. The number of ether oxygens (including phenoxy) is 1. The zero-order valence-corrected chi connectivity index (χ0v) is 20.2. The predicted molar refractivity (Wildman–Crippen MR) is 136 cm³/mol. The van der Waals surface area contributed by atoms with Crippen LogP contribution in [-0.2, 0) is 11.2 Å². The van der Waals surface area contributed by atoms with Gasteiger partial charge in [-0.3, -0.25) is 9.59 Å². The highest BCUT2D eigenvalue weighted by atomic mass is 32.1. The highest BCUT2D eigenvalue weighted by molar-refractivity contribution is 7.33. The van der Waals surface area contributed by atoms with E-state index >= 15 is 0 Å². The minimum absolute atomic E-state index is 0.0833. The van der Waals surface area contributed by atoms with Crippen LogP contribution in [0.15, 0.2) is 54.6 Å². The van der Waals surface area contributed by atoms with Crippen molar-refractivity contribution < 1.29 is 14.3 Å². The molecule has 0 atom stereocenters. The molecule has 0 N–H and O–H groups in total. The van der Waals surface area contributed by atoms with Crippen LogP contribution in [0.4, 0.5) is 0 Å². The molecule has 0 bridgehead atoms. The third kappa shape index (κ3) is 4.61. The fourth-order valence-corrected chi connectivity index (χ4v) is 6.83. The molecule has 0 radical (unpaired) electrons. The summed E-state index contributed by atoms with van der Waals surface area (Å²) in [4.78, 5) is 30.6. The number of carbonyl (C=O) groups excluding carboxylic acids is 2. The van der Waals surface area contributed by atoms with Gasteiger partial charge in [0.15, 0.2) is 0 Å². The topological polar surface area (TPSA) is 49.9 Å². The molecule has 5 rings (SSSR count). The molecule has 33 heavy (non-hydrogen) atoms. The summed E-state index contributed by atoms with van der Waals surface area (Å²) in [5.74, 6) is 1.06. The summed E-state index contributed by atoms with van der Waals surface area (Å²) in [6.45, 7) is 2.57. The highest BCUT2D eigenvalue weighted by Gasteiger charge is 2.24. The average Bonchev–Trinajstić information content (AvgIpc) is 3.30. The van der Waals surface area contributed by atoms with E-state index in [-0.39, 0.29) is 11.8 Å². The van der Waals surface area contributed by atoms with Gasteiger partial charge in [-0.25, -0.2) is 0 Å². The molecule has 0 aliphatic carbocycles. The van der Waals surface area contributed by atoms with E-state index in [1.165, 1.54) is 19.5 Å². The van der Waals surface area contributed by atoms with Gasteiger partial charge in [-0.2, -0.15) is 0 Å². The Morgan fingerprint density at radius 2 is 1.67 bits per heavy atom. The van der Waals surface area contributed by atoms with Crippen molar-refractivity contribution in [2.45, 2.75) is 19.3 Å². The zero-order chi connectivity index (χ0) is 22.8. The smallest absolute Gasteiger partial charge is 0.264 e. The van der Waals surface area contributed by atoms with Crippen LogP contribution in [0.3, 0.4) is 0 Å². The Balaban J connectivity index is 1.20. The second kappa shape index (κ2) is 9.53. The van der Waals surface area contributed by atoms with Crippen molar-refractivity contribution in [3.8, 4) is 5.75 Å².